The maximum Gasteiger partial charge on any atom is 0.161 e. The molecule has 0 spiro atoms. The molecule has 0 unspecified atom stereocenters. The van der Waals surface area contributed by atoms with Crippen LogP contribution in [0, 0.1) is 6.92 Å². The fourth-order valence-corrected chi connectivity index (χ4v) is 1.64. The molecule has 0 aliphatic rings. The third-order valence-corrected chi connectivity index (χ3v) is 2.46. The second-order valence-electron chi connectivity index (χ2n) is 3.27. The van der Waals surface area contributed by atoms with Crippen molar-refractivity contribution in [2.24, 2.45) is 0 Å². The van der Waals surface area contributed by atoms with E-state index in [4.69, 9.17) is 4.74 Å². The van der Waals surface area contributed by atoms with E-state index in [-0.39, 0.29) is 5.75 Å². The largest absolute Gasteiger partial charge is 0.504 e. The Kier molecular flexibility index (Phi) is 2.04. The lowest BCUT2D eigenvalue weighted by Gasteiger charge is -2.09. The molecule has 14 heavy (non-hydrogen) atoms. The van der Waals surface area contributed by atoms with Crippen LogP contribution < -0.4 is 4.74 Å². The maximum atomic E-state index is 9.77. The summed E-state index contributed by atoms with van der Waals surface area (Å²) in [6.07, 6.45) is 0. The Morgan fingerprint density at radius 2 is 1.93 bits per heavy atom. The summed E-state index contributed by atoms with van der Waals surface area (Å²) in [7, 11) is 1.56. The fraction of sp³-hybridized carbons (Fsp3) is 0.167. The summed E-state index contributed by atoms with van der Waals surface area (Å²) in [6.45, 7) is 1.89. The molecular formula is C12H12O2. The van der Waals surface area contributed by atoms with Gasteiger partial charge in [0.1, 0.15) is 0 Å². The van der Waals surface area contributed by atoms with Crippen LogP contribution in [-0.2, 0) is 0 Å². The maximum absolute atomic E-state index is 9.77. The molecule has 1 N–H and O–H groups in total. The highest BCUT2D eigenvalue weighted by Gasteiger charge is 2.08. The summed E-state index contributed by atoms with van der Waals surface area (Å²) in [6, 6.07) is 9.77. The number of rotatable bonds is 1. The number of hydrogen-bond donors (Lipinski definition) is 1. The van der Waals surface area contributed by atoms with Crippen LogP contribution in [0.4, 0.5) is 0 Å². The third-order valence-electron chi connectivity index (χ3n) is 2.46. The van der Waals surface area contributed by atoms with Crippen molar-refractivity contribution >= 4 is 10.8 Å². The Balaban J connectivity index is 2.85. The van der Waals surface area contributed by atoms with E-state index in [1.807, 2.05) is 37.3 Å². The average molecular weight is 188 g/mol. The molecule has 2 aromatic carbocycles. The molecule has 0 aliphatic carbocycles. The molecule has 2 heteroatoms. The van der Waals surface area contributed by atoms with Crippen molar-refractivity contribution in [3.8, 4) is 11.5 Å². The topological polar surface area (TPSA) is 29.5 Å². The van der Waals surface area contributed by atoms with Gasteiger partial charge in [0.2, 0.25) is 0 Å². The summed E-state index contributed by atoms with van der Waals surface area (Å²) in [5.41, 5.74) is 0.861. The first-order chi connectivity index (χ1) is 6.74. The molecule has 0 fully saturated rings. The third kappa shape index (κ3) is 1.20. The van der Waals surface area contributed by atoms with E-state index in [0.717, 1.165) is 16.3 Å². The van der Waals surface area contributed by atoms with E-state index in [1.54, 1.807) is 7.11 Å². The Labute approximate surface area is 82.8 Å². The van der Waals surface area contributed by atoms with E-state index in [9.17, 15) is 5.11 Å². The van der Waals surface area contributed by atoms with Crippen LogP contribution in [0.15, 0.2) is 30.3 Å². The van der Waals surface area contributed by atoms with Gasteiger partial charge in [-0.15, -0.1) is 0 Å². The number of phenolic OH excluding ortho intramolecular Hbond substituents is 1. The molecule has 0 amide bonds. The second kappa shape index (κ2) is 3.22. The summed E-state index contributed by atoms with van der Waals surface area (Å²) in [5.74, 6) is 0.757. The summed E-state index contributed by atoms with van der Waals surface area (Å²) >= 11 is 0. The summed E-state index contributed by atoms with van der Waals surface area (Å²) in [4.78, 5) is 0. The number of aryl methyl sites for hydroxylation is 1. The predicted molar refractivity (Wildman–Crippen MR) is 56.9 cm³/mol. The van der Waals surface area contributed by atoms with E-state index in [2.05, 4.69) is 0 Å². The van der Waals surface area contributed by atoms with Crippen LogP contribution in [-0.4, -0.2) is 12.2 Å². The molecule has 0 bridgehead atoms. The van der Waals surface area contributed by atoms with Gasteiger partial charge in [-0.1, -0.05) is 24.3 Å². The van der Waals surface area contributed by atoms with Crippen LogP contribution in [0.5, 0.6) is 11.5 Å². The first kappa shape index (κ1) is 8.88. The monoisotopic (exact) mass is 188 g/mol. The van der Waals surface area contributed by atoms with Gasteiger partial charge in [0, 0.05) is 5.56 Å². The minimum atomic E-state index is 0.228. The molecule has 2 aromatic rings. The highest BCUT2D eigenvalue weighted by molar-refractivity contribution is 5.89. The number of fused-ring (bicyclic) bond motifs is 1. The number of methoxy groups -OCH3 is 1. The van der Waals surface area contributed by atoms with Gasteiger partial charge >= 0.3 is 0 Å². The Bertz CT molecular complexity index is 475. The normalized spacial score (nSPS) is 10.4. The number of aromatic hydroxyl groups is 1. The van der Waals surface area contributed by atoms with Gasteiger partial charge in [-0.3, -0.25) is 0 Å². The SMILES string of the molecule is COc1cc2ccccc2c(C)c1O. The van der Waals surface area contributed by atoms with Crippen LogP contribution in [0.2, 0.25) is 0 Å². The number of phenols is 1. The lowest BCUT2D eigenvalue weighted by atomic mass is 10.0. The second-order valence-corrected chi connectivity index (χ2v) is 3.27. The Morgan fingerprint density at radius 3 is 2.64 bits per heavy atom. The van der Waals surface area contributed by atoms with Crippen molar-refractivity contribution in [1.82, 2.24) is 0 Å². The number of ether oxygens (including phenoxy) is 1. The standard InChI is InChI=1S/C12H12O2/c1-8-10-6-4-3-5-9(10)7-11(14-2)12(8)13/h3-7,13H,1-2H3. The van der Waals surface area contributed by atoms with Crippen molar-refractivity contribution in [1.29, 1.82) is 0 Å². The molecule has 0 radical (unpaired) electrons. The van der Waals surface area contributed by atoms with Crippen LogP contribution in [0.1, 0.15) is 5.56 Å². The minimum Gasteiger partial charge on any atom is -0.504 e. The van der Waals surface area contributed by atoms with Crippen molar-refractivity contribution in [2.75, 3.05) is 7.11 Å². The van der Waals surface area contributed by atoms with E-state index in [0.29, 0.717) is 5.75 Å². The van der Waals surface area contributed by atoms with E-state index in [1.165, 1.54) is 0 Å². The zero-order chi connectivity index (χ0) is 10.1. The minimum absolute atomic E-state index is 0.228. The van der Waals surface area contributed by atoms with Gasteiger partial charge in [0.05, 0.1) is 7.11 Å². The van der Waals surface area contributed by atoms with Crippen LogP contribution >= 0.6 is 0 Å². The first-order valence-electron chi connectivity index (χ1n) is 4.49. The number of hydrogen-bond acceptors (Lipinski definition) is 2. The highest BCUT2D eigenvalue weighted by Crippen LogP contribution is 2.35. The zero-order valence-corrected chi connectivity index (χ0v) is 8.24. The molecule has 0 saturated carbocycles. The fourth-order valence-electron chi connectivity index (χ4n) is 1.64. The molecule has 2 nitrogen and oxygen atoms in total. The van der Waals surface area contributed by atoms with Crippen LogP contribution in [0.3, 0.4) is 0 Å². The van der Waals surface area contributed by atoms with Crippen LogP contribution in [0.25, 0.3) is 10.8 Å². The molecule has 0 heterocycles. The number of benzene rings is 2. The molecule has 0 saturated heterocycles. The van der Waals surface area contributed by atoms with Crippen molar-refractivity contribution in [3.63, 3.8) is 0 Å². The van der Waals surface area contributed by atoms with E-state index >= 15 is 0 Å². The smallest absolute Gasteiger partial charge is 0.161 e. The van der Waals surface area contributed by atoms with Gasteiger partial charge in [-0.05, 0) is 23.8 Å². The molecular weight excluding hydrogens is 176 g/mol. The summed E-state index contributed by atoms with van der Waals surface area (Å²) < 4.78 is 5.08. The van der Waals surface area contributed by atoms with Crippen molar-refractivity contribution in [3.05, 3.63) is 35.9 Å². The summed E-state index contributed by atoms with van der Waals surface area (Å²) in [5, 5.41) is 11.9. The Morgan fingerprint density at radius 1 is 1.21 bits per heavy atom. The zero-order valence-electron chi connectivity index (χ0n) is 8.24. The quantitative estimate of drug-likeness (QED) is 0.745. The van der Waals surface area contributed by atoms with Crippen molar-refractivity contribution in [2.45, 2.75) is 6.92 Å². The van der Waals surface area contributed by atoms with Gasteiger partial charge in [-0.2, -0.15) is 0 Å². The molecule has 72 valence electrons. The molecule has 2 rings (SSSR count). The molecule has 0 aliphatic heterocycles. The Hall–Kier alpha value is -1.70. The van der Waals surface area contributed by atoms with Gasteiger partial charge in [0.15, 0.2) is 11.5 Å². The van der Waals surface area contributed by atoms with Gasteiger partial charge in [0.25, 0.3) is 0 Å². The lowest BCUT2D eigenvalue weighted by molar-refractivity contribution is 0.373. The van der Waals surface area contributed by atoms with Crippen molar-refractivity contribution < 1.29 is 9.84 Å². The average Bonchev–Trinajstić information content (AvgIpc) is 2.23. The van der Waals surface area contributed by atoms with E-state index < -0.39 is 0 Å². The highest BCUT2D eigenvalue weighted by atomic mass is 16.5. The van der Waals surface area contributed by atoms with Gasteiger partial charge < -0.3 is 9.84 Å². The lowest BCUT2D eigenvalue weighted by Crippen LogP contribution is -1.87. The van der Waals surface area contributed by atoms with Gasteiger partial charge in [-0.25, -0.2) is 0 Å². The molecule has 0 atom stereocenters. The first-order valence-corrected chi connectivity index (χ1v) is 4.49. The molecule has 0 aromatic heterocycles. The predicted octanol–water partition coefficient (Wildman–Crippen LogP) is 2.86.